The van der Waals surface area contributed by atoms with E-state index >= 15 is 0 Å². The molecule has 2 amide bonds. The first-order valence-electron chi connectivity index (χ1n) is 14.8. The number of benzene rings is 1. The van der Waals surface area contributed by atoms with Crippen LogP contribution in [0.4, 0.5) is 10.5 Å². The molecule has 1 saturated carbocycles. The highest BCUT2D eigenvalue weighted by atomic mass is 16.6. The summed E-state index contributed by atoms with van der Waals surface area (Å²) in [5.74, 6) is -0.0435. The van der Waals surface area contributed by atoms with E-state index in [0.717, 1.165) is 78.8 Å². The van der Waals surface area contributed by atoms with Crippen LogP contribution in [0.2, 0.25) is 0 Å². The van der Waals surface area contributed by atoms with Crippen molar-refractivity contribution in [1.29, 1.82) is 0 Å². The van der Waals surface area contributed by atoms with Gasteiger partial charge in [0.05, 0.1) is 0 Å². The van der Waals surface area contributed by atoms with E-state index in [1.807, 2.05) is 46.8 Å². The largest absolute Gasteiger partial charge is 0.444 e. The van der Waals surface area contributed by atoms with Crippen LogP contribution in [0.3, 0.4) is 0 Å². The van der Waals surface area contributed by atoms with Gasteiger partial charge in [-0.15, -0.1) is 0 Å². The van der Waals surface area contributed by atoms with E-state index in [9.17, 15) is 9.59 Å². The van der Waals surface area contributed by atoms with E-state index in [1.165, 1.54) is 5.56 Å². The predicted molar refractivity (Wildman–Crippen MR) is 161 cm³/mol. The van der Waals surface area contributed by atoms with Gasteiger partial charge in [0.25, 0.3) is 5.91 Å². The van der Waals surface area contributed by atoms with Crippen molar-refractivity contribution >= 4 is 17.7 Å². The smallest absolute Gasteiger partial charge is 0.407 e. The third-order valence-corrected chi connectivity index (χ3v) is 7.95. The zero-order chi connectivity index (χ0) is 28.9. The third-order valence-electron chi connectivity index (χ3n) is 7.95. The lowest BCUT2D eigenvalue weighted by Gasteiger charge is -2.39. The van der Waals surface area contributed by atoms with Crippen LogP contribution in [0, 0.1) is 13.8 Å². The normalized spacial score (nSPS) is 20.6. The van der Waals surface area contributed by atoms with Crippen molar-refractivity contribution in [2.45, 2.75) is 111 Å². The summed E-state index contributed by atoms with van der Waals surface area (Å²) in [5.41, 5.74) is 6.83. The number of allylic oxidation sites excluding steroid dienone is 2. The third kappa shape index (κ3) is 7.43. The number of carbonyl (C=O) groups excluding carboxylic acids is 2. The molecule has 4 rings (SSSR count). The molecule has 0 atom stereocenters. The van der Waals surface area contributed by atoms with Gasteiger partial charge in [0.2, 0.25) is 0 Å². The van der Waals surface area contributed by atoms with Crippen LogP contribution in [0.5, 0.6) is 0 Å². The molecule has 216 valence electrons. The number of anilines is 1. The molecule has 0 radical (unpaired) electrons. The molecule has 1 aliphatic carbocycles. The van der Waals surface area contributed by atoms with Gasteiger partial charge in [0.1, 0.15) is 5.60 Å². The van der Waals surface area contributed by atoms with Gasteiger partial charge in [-0.1, -0.05) is 18.2 Å². The van der Waals surface area contributed by atoms with E-state index < -0.39 is 5.60 Å². The molecular weight excluding hydrogens is 500 g/mol. The minimum absolute atomic E-state index is 0.0435. The highest BCUT2D eigenvalue weighted by molar-refractivity contribution is 5.97. The molecule has 0 spiro atoms. The molecule has 2 aromatic rings. The van der Waals surface area contributed by atoms with Crippen molar-refractivity contribution in [3.63, 3.8) is 0 Å². The summed E-state index contributed by atoms with van der Waals surface area (Å²) in [5, 5.41) is 6.26. The van der Waals surface area contributed by atoms with Crippen LogP contribution in [0.25, 0.3) is 0 Å². The fraction of sp³-hybridized carbons (Fsp3) is 0.545. The number of nitrogens with zero attached hydrogens (tertiary/aromatic N) is 2. The SMILES string of the molecule is CCN(c1cccc2c1C/C=C/CCc1cc(C)nc(C)c1CNC2=O)[C@H]1CC[C@@H](NC(=O)OC(C)(C)C)CC1. The average Bonchev–Trinajstić information content (AvgIpc) is 2.87. The van der Waals surface area contributed by atoms with E-state index in [-0.39, 0.29) is 18.0 Å². The molecule has 7 heteroatoms. The quantitative estimate of drug-likeness (QED) is 0.438. The predicted octanol–water partition coefficient (Wildman–Crippen LogP) is 6.34. The lowest BCUT2D eigenvalue weighted by atomic mass is 9.89. The number of amides is 2. The summed E-state index contributed by atoms with van der Waals surface area (Å²) in [4.78, 5) is 33.0. The summed E-state index contributed by atoms with van der Waals surface area (Å²) in [6.45, 7) is 13.2. The number of aromatic nitrogens is 1. The fourth-order valence-electron chi connectivity index (χ4n) is 6.12. The second-order valence-corrected chi connectivity index (χ2v) is 12.1. The second kappa shape index (κ2) is 12.9. The number of hydrogen-bond acceptors (Lipinski definition) is 5. The summed E-state index contributed by atoms with van der Waals surface area (Å²) in [7, 11) is 0. The lowest BCUT2D eigenvalue weighted by Crippen LogP contribution is -2.45. The second-order valence-electron chi connectivity index (χ2n) is 12.1. The van der Waals surface area contributed by atoms with Crippen LogP contribution in [-0.4, -0.2) is 41.2 Å². The Morgan fingerprint density at radius 3 is 2.58 bits per heavy atom. The standard InChI is InChI=1S/C33H46N4O3/c1-7-37(26-18-16-25(17-19-26)36-32(39)40-33(4,5)6)30-15-11-14-28-27(30)13-10-8-9-12-24-20-22(2)35-23(3)29(24)21-34-31(28)38/h8,10-11,14-15,20,25-26H,7,9,12-13,16-19,21H2,1-6H3,(H,34,38)(H,36,39)/b10-8+/t25-,26+. The van der Waals surface area contributed by atoms with Gasteiger partial charge in [-0.25, -0.2) is 4.79 Å². The van der Waals surface area contributed by atoms with Crippen molar-refractivity contribution in [3.05, 3.63) is 70.1 Å². The molecule has 1 fully saturated rings. The topological polar surface area (TPSA) is 83.6 Å². The Bertz CT molecular complexity index is 1240. The van der Waals surface area contributed by atoms with Crippen LogP contribution < -0.4 is 15.5 Å². The molecule has 1 aromatic heterocycles. The molecule has 0 saturated heterocycles. The molecule has 0 unspecified atom stereocenters. The Hall–Kier alpha value is -3.35. The molecule has 2 aliphatic rings. The van der Waals surface area contributed by atoms with E-state index in [2.05, 4.69) is 51.7 Å². The number of ether oxygens (including phenoxy) is 1. The molecule has 2 heterocycles. The molecule has 2 N–H and O–H groups in total. The number of aryl methyl sites for hydroxylation is 3. The summed E-state index contributed by atoms with van der Waals surface area (Å²) in [6, 6.07) is 8.74. The Kier molecular flexibility index (Phi) is 9.54. The van der Waals surface area contributed by atoms with Crippen molar-refractivity contribution in [2.75, 3.05) is 11.4 Å². The highest BCUT2D eigenvalue weighted by Gasteiger charge is 2.29. The van der Waals surface area contributed by atoms with Crippen LogP contribution >= 0.6 is 0 Å². The van der Waals surface area contributed by atoms with Crippen molar-refractivity contribution in [3.8, 4) is 0 Å². The molecular formula is C33H46N4O3. The van der Waals surface area contributed by atoms with E-state index in [1.54, 1.807) is 0 Å². The first-order valence-corrected chi connectivity index (χ1v) is 14.8. The Balaban J connectivity index is 1.53. The van der Waals surface area contributed by atoms with Gasteiger partial charge in [-0.05, 0) is 121 Å². The first-order chi connectivity index (χ1) is 19.1. The number of rotatable bonds is 4. The van der Waals surface area contributed by atoms with Crippen molar-refractivity contribution in [2.24, 2.45) is 0 Å². The Morgan fingerprint density at radius 1 is 1.12 bits per heavy atom. The summed E-state index contributed by atoms with van der Waals surface area (Å²) in [6.07, 6.45) is 10.5. The van der Waals surface area contributed by atoms with Gasteiger partial charge in [0, 0.05) is 47.8 Å². The number of pyridine rings is 1. The average molecular weight is 547 g/mol. The van der Waals surface area contributed by atoms with Gasteiger partial charge in [0.15, 0.2) is 0 Å². The molecule has 1 aromatic carbocycles. The molecule has 0 bridgehead atoms. The van der Waals surface area contributed by atoms with Gasteiger partial charge in [-0.2, -0.15) is 0 Å². The maximum absolute atomic E-state index is 13.6. The van der Waals surface area contributed by atoms with Gasteiger partial charge < -0.3 is 20.3 Å². The zero-order valence-electron chi connectivity index (χ0n) is 25.1. The van der Waals surface area contributed by atoms with E-state index in [0.29, 0.717) is 19.0 Å². The molecule has 1 aliphatic heterocycles. The van der Waals surface area contributed by atoms with Gasteiger partial charge in [-0.3, -0.25) is 9.78 Å². The maximum atomic E-state index is 13.6. The number of carbonyl (C=O) groups is 2. The highest BCUT2D eigenvalue weighted by Crippen LogP contribution is 2.32. The van der Waals surface area contributed by atoms with Crippen LogP contribution in [0.1, 0.15) is 98.2 Å². The van der Waals surface area contributed by atoms with E-state index in [4.69, 9.17) is 4.74 Å². The summed E-state index contributed by atoms with van der Waals surface area (Å²) < 4.78 is 5.46. The number of hydrogen-bond donors (Lipinski definition) is 2. The van der Waals surface area contributed by atoms with Crippen molar-refractivity contribution in [1.82, 2.24) is 15.6 Å². The van der Waals surface area contributed by atoms with Crippen LogP contribution in [-0.2, 0) is 24.1 Å². The molecule has 7 nitrogen and oxygen atoms in total. The van der Waals surface area contributed by atoms with Crippen molar-refractivity contribution < 1.29 is 14.3 Å². The monoisotopic (exact) mass is 546 g/mol. The maximum Gasteiger partial charge on any atom is 0.407 e. The number of nitrogens with one attached hydrogen (secondary N) is 2. The summed E-state index contributed by atoms with van der Waals surface area (Å²) >= 11 is 0. The minimum Gasteiger partial charge on any atom is -0.444 e. The Labute approximate surface area is 239 Å². The minimum atomic E-state index is -0.501. The Morgan fingerprint density at radius 2 is 1.88 bits per heavy atom. The lowest BCUT2D eigenvalue weighted by molar-refractivity contribution is 0.0491. The number of fused-ring (bicyclic) bond motifs is 2. The zero-order valence-corrected chi connectivity index (χ0v) is 25.1. The van der Waals surface area contributed by atoms with Gasteiger partial charge >= 0.3 is 6.09 Å². The first kappa shape index (κ1) is 29.6. The van der Waals surface area contributed by atoms with Crippen LogP contribution in [0.15, 0.2) is 36.4 Å². The molecule has 40 heavy (non-hydrogen) atoms. The fourth-order valence-corrected chi connectivity index (χ4v) is 6.12. The number of alkyl carbamates (subject to hydrolysis) is 1.